The van der Waals surface area contributed by atoms with Crippen LogP contribution in [0.2, 0.25) is 0 Å². The number of aromatic nitrogens is 3. The van der Waals surface area contributed by atoms with Gasteiger partial charge in [0.2, 0.25) is 11.8 Å². The highest BCUT2D eigenvalue weighted by Gasteiger charge is 2.17. The monoisotopic (exact) mass is 296 g/mol. The zero-order valence-electron chi connectivity index (χ0n) is 10.5. The van der Waals surface area contributed by atoms with Gasteiger partial charge in [-0.1, -0.05) is 11.3 Å². The first-order chi connectivity index (χ1) is 9.60. The number of anilines is 2. The largest absolute Gasteiger partial charge is 0.359 e. The van der Waals surface area contributed by atoms with Crippen molar-refractivity contribution < 1.29 is 4.92 Å². The SMILES string of the molecule is CCNc1ncc([N+](=O)[O-])c(NCc2csc(=O)[nH]2)n1. The van der Waals surface area contributed by atoms with E-state index in [0.29, 0.717) is 18.2 Å². The molecule has 20 heavy (non-hydrogen) atoms. The minimum absolute atomic E-state index is 0.105. The lowest BCUT2D eigenvalue weighted by Gasteiger charge is -2.07. The van der Waals surface area contributed by atoms with Crippen LogP contribution in [0, 0.1) is 10.1 Å². The van der Waals surface area contributed by atoms with Crippen molar-refractivity contribution in [3.05, 3.63) is 37.1 Å². The van der Waals surface area contributed by atoms with Crippen molar-refractivity contribution in [1.82, 2.24) is 15.0 Å². The molecule has 0 radical (unpaired) electrons. The van der Waals surface area contributed by atoms with E-state index in [2.05, 4.69) is 25.6 Å². The number of rotatable bonds is 6. The van der Waals surface area contributed by atoms with E-state index >= 15 is 0 Å². The van der Waals surface area contributed by atoms with Gasteiger partial charge in [0.25, 0.3) is 0 Å². The van der Waals surface area contributed by atoms with Gasteiger partial charge in [0, 0.05) is 17.6 Å². The molecule has 0 aliphatic rings. The van der Waals surface area contributed by atoms with Crippen LogP contribution in [0.3, 0.4) is 0 Å². The summed E-state index contributed by atoms with van der Waals surface area (Å²) in [6.45, 7) is 2.71. The Morgan fingerprint density at radius 3 is 2.90 bits per heavy atom. The summed E-state index contributed by atoms with van der Waals surface area (Å²) in [6, 6.07) is 0. The number of nitro groups is 1. The summed E-state index contributed by atoms with van der Waals surface area (Å²) in [6.07, 6.45) is 1.14. The van der Waals surface area contributed by atoms with Gasteiger partial charge in [-0.15, -0.1) is 0 Å². The number of nitrogens with zero attached hydrogens (tertiary/aromatic N) is 3. The van der Waals surface area contributed by atoms with Crippen LogP contribution in [0.1, 0.15) is 12.6 Å². The minimum atomic E-state index is -0.561. The summed E-state index contributed by atoms with van der Waals surface area (Å²) in [4.78, 5) is 31.7. The first kappa shape index (κ1) is 13.9. The maximum atomic E-state index is 11.0. The number of hydrogen-bond donors (Lipinski definition) is 3. The molecule has 10 heteroatoms. The van der Waals surface area contributed by atoms with Gasteiger partial charge in [-0.25, -0.2) is 4.98 Å². The summed E-state index contributed by atoms with van der Waals surface area (Å²) in [5.74, 6) is 0.410. The molecule has 2 aromatic rings. The van der Waals surface area contributed by atoms with Gasteiger partial charge >= 0.3 is 10.6 Å². The molecule has 0 atom stereocenters. The fourth-order valence-corrected chi connectivity index (χ4v) is 2.04. The average molecular weight is 296 g/mol. The second kappa shape index (κ2) is 6.10. The molecule has 0 aromatic carbocycles. The molecule has 0 aliphatic carbocycles. The van der Waals surface area contributed by atoms with Crippen LogP contribution in [0.25, 0.3) is 0 Å². The summed E-state index contributed by atoms with van der Waals surface area (Å²) in [7, 11) is 0. The zero-order chi connectivity index (χ0) is 14.5. The molecular formula is C10H12N6O3S. The Bertz CT molecular complexity index is 667. The number of thiazole rings is 1. The topological polar surface area (TPSA) is 126 Å². The van der Waals surface area contributed by atoms with Crippen LogP contribution in [-0.4, -0.2) is 26.4 Å². The van der Waals surface area contributed by atoms with Gasteiger partial charge in [0.05, 0.1) is 11.5 Å². The van der Waals surface area contributed by atoms with Crippen LogP contribution in [0.15, 0.2) is 16.4 Å². The summed E-state index contributed by atoms with van der Waals surface area (Å²) < 4.78 is 0. The van der Waals surface area contributed by atoms with Crippen LogP contribution in [0.5, 0.6) is 0 Å². The van der Waals surface area contributed by atoms with Crippen molar-refractivity contribution in [3.63, 3.8) is 0 Å². The maximum absolute atomic E-state index is 11.0. The van der Waals surface area contributed by atoms with E-state index in [1.165, 1.54) is 0 Å². The first-order valence-electron chi connectivity index (χ1n) is 5.76. The van der Waals surface area contributed by atoms with Gasteiger partial charge < -0.3 is 15.6 Å². The average Bonchev–Trinajstić information content (AvgIpc) is 2.82. The minimum Gasteiger partial charge on any atom is -0.359 e. The predicted molar refractivity (Wildman–Crippen MR) is 75.1 cm³/mol. The standard InChI is InChI=1S/C10H12N6O3S/c1-2-11-9-13-4-7(16(18)19)8(15-9)12-3-6-5-20-10(17)14-6/h4-5H,2-3H2,1H3,(H,14,17)(H2,11,12,13,15). The molecule has 0 bridgehead atoms. The molecule has 0 fully saturated rings. The highest BCUT2D eigenvalue weighted by atomic mass is 32.1. The van der Waals surface area contributed by atoms with E-state index in [9.17, 15) is 14.9 Å². The Hall–Kier alpha value is -2.49. The van der Waals surface area contributed by atoms with Crippen LogP contribution in [0.4, 0.5) is 17.5 Å². The molecule has 0 saturated heterocycles. The Morgan fingerprint density at radius 2 is 2.30 bits per heavy atom. The van der Waals surface area contributed by atoms with Crippen molar-refractivity contribution in [3.8, 4) is 0 Å². The molecule has 0 unspecified atom stereocenters. The lowest BCUT2D eigenvalue weighted by atomic mass is 10.4. The van der Waals surface area contributed by atoms with E-state index in [4.69, 9.17) is 0 Å². The van der Waals surface area contributed by atoms with Crippen LogP contribution < -0.4 is 15.5 Å². The Balaban J connectivity index is 2.20. The number of aromatic amines is 1. The fraction of sp³-hybridized carbons (Fsp3) is 0.300. The van der Waals surface area contributed by atoms with E-state index < -0.39 is 4.92 Å². The van der Waals surface area contributed by atoms with Crippen molar-refractivity contribution in [2.45, 2.75) is 13.5 Å². The highest BCUT2D eigenvalue weighted by molar-refractivity contribution is 7.07. The third-order valence-corrected chi connectivity index (χ3v) is 3.04. The molecule has 9 nitrogen and oxygen atoms in total. The van der Waals surface area contributed by atoms with Crippen molar-refractivity contribution in [2.75, 3.05) is 17.2 Å². The summed E-state index contributed by atoms with van der Waals surface area (Å²) in [5.41, 5.74) is 0.419. The van der Waals surface area contributed by atoms with Gasteiger partial charge in [0.15, 0.2) is 0 Å². The number of nitrogens with one attached hydrogen (secondary N) is 3. The van der Waals surface area contributed by atoms with E-state index in [-0.39, 0.29) is 22.9 Å². The zero-order valence-corrected chi connectivity index (χ0v) is 11.4. The second-order valence-corrected chi connectivity index (χ2v) is 4.58. The van der Waals surface area contributed by atoms with E-state index in [1.807, 2.05) is 6.92 Å². The third-order valence-electron chi connectivity index (χ3n) is 2.32. The molecule has 2 aromatic heterocycles. The smallest absolute Gasteiger partial charge is 0.329 e. The highest BCUT2D eigenvalue weighted by Crippen LogP contribution is 2.22. The van der Waals surface area contributed by atoms with Crippen LogP contribution >= 0.6 is 11.3 Å². The molecule has 0 aliphatic heterocycles. The summed E-state index contributed by atoms with van der Waals surface area (Å²) in [5, 5.41) is 18.3. The van der Waals surface area contributed by atoms with E-state index in [0.717, 1.165) is 17.5 Å². The Morgan fingerprint density at radius 1 is 1.50 bits per heavy atom. The number of H-pyrrole nitrogens is 1. The maximum Gasteiger partial charge on any atom is 0.329 e. The van der Waals surface area contributed by atoms with Crippen molar-refractivity contribution in [1.29, 1.82) is 0 Å². The molecule has 0 amide bonds. The van der Waals surface area contributed by atoms with Gasteiger partial charge in [-0.05, 0) is 6.92 Å². The molecular weight excluding hydrogens is 284 g/mol. The third kappa shape index (κ3) is 3.29. The first-order valence-corrected chi connectivity index (χ1v) is 6.64. The second-order valence-electron chi connectivity index (χ2n) is 3.74. The molecule has 106 valence electrons. The Kier molecular flexibility index (Phi) is 4.25. The molecule has 0 spiro atoms. The van der Waals surface area contributed by atoms with Crippen LogP contribution in [-0.2, 0) is 6.54 Å². The normalized spacial score (nSPS) is 10.2. The van der Waals surface area contributed by atoms with Crippen molar-refractivity contribution in [2.24, 2.45) is 0 Å². The number of hydrogen-bond acceptors (Lipinski definition) is 8. The van der Waals surface area contributed by atoms with Gasteiger partial charge in [0.1, 0.15) is 6.20 Å². The van der Waals surface area contributed by atoms with Gasteiger partial charge in [-0.3, -0.25) is 14.9 Å². The lowest BCUT2D eigenvalue weighted by molar-refractivity contribution is -0.384. The lowest BCUT2D eigenvalue weighted by Crippen LogP contribution is -2.09. The molecule has 0 saturated carbocycles. The quantitative estimate of drug-likeness (QED) is 0.539. The van der Waals surface area contributed by atoms with Crippen molar-refractivity contribution >= 4 is 28.8 Å². The molecule has 2 heterocycles. The predicted octanol–water partition coefficient (Wildman–Crippen LogP) is 1.18. The summed E-state index contributed by atoms with van der Waals surface area (Å²) >= 11 is 1.03. The fourth-order valence-electron chi connectivity index (χ4n) is 1.46. The Labute approximate surface area is 117 Å². The van der Waals surface area contributed by atoms with E-state index in [1.54, 1.807) is 5.38 Å². The molecule has 2 rings (SSSR count). The van der Waals surface area contributed by atoms with Gasteiger partial charge in [-0.2, -0.15) is 4.98 Å². The molecule has 3 N–H and O–H groups in total.